The Morgan fingerprint density at radius 1 is 0.657 bits per heavy atom. The molecular weight excluding hydrogens is 466 g/mol. The van der Waals surface area contributed by atoms with Crippen molar-refractivity contribution in [2.45, 2.75) is 25.3 Å². The molecule has 0 saturated heterocycles. The molecule has 12 nitrogen and oxygen atoms in total. The third-order valence-corrected chi connectivity index (χ3v) is 4.13. The van der Waals surface area contributed by atoms with Gasteiger partial charge in [-0.1, -0.05) is 5.92 Å². The van der Waals surface area contributed by atoms with Crippen molar-refractivity contribution in [3.8, 4) is 12.3 Å². The summed E-state index contributed by atoms with van der Waals surface area (Å²) in [7, 11) is 2.59. The molecule has 0 aromatic heterocycles. The first-order valence-electron chi connectivity index (χ1n) is 11.4. The second-order valence-electron chi connectivity index (χ2n) is 6.91. The number of hydrogen-bond donors (Lipinski definition) is 1. The number of rotatable bonds is 24. The van der Waals surface area contributed by atoms with Crippen LogP contribution in [0, 0.1) is 12.3 Å². The summed E-state index contributed by atoms with van der Waals surface area (Å²) in [4.78, 5) is 34.5. The van der Waals surface area contributed by atoms with Crippen LogP contribution in [0.3, 0.4) is 0 Å². The van der Waals surface area contributed by atoms with E-state index in [0.29, 0.717) is 39.6 Å². The second-order valence-corrected chi connectivity index (χ2v) is 6.91. The fourth-order valence-electron chi connectivity index (χ4n) is 2.35. The Morgan fingerprint density at radius 3 is 1.54 bits per heavy atom. The van der Waals surface area contributed by atoms with E-state index in [1.165, 1.54) is 14.2 Å². The molecule has 1 amide bonds. The van der Waals surface area contributed by atoms with E-state index in [2.05, 4.69) is 20.7 Å². The summed E-state index contributed by atoms with van der Waals surface area (Å²) in [6, 6.07) is -0.460. The van der Waals surface area contributed by atoms with Crippen molar-refractivity contribution in [1.82, 2.24) is 5.32 Å². The van der Waals surface area contributed by atoms with Gasteiger partial charge in [-0.05, 0) is 0 Å². The van der Waals surface area contributed by atoms with Crippen LogP contribution in [0.25, 0.3) is 0 Å². The zero-order valence-corrected chi connectivity index (χ0v) is 20.8. The molecular formula is C23H39NO11. The van der Waals surface area contributed by atoms with Crippen molar-refractivity contribution < 1.29 is 52.3 Å². The quantitative estimate of drug-likeness (QED) is 0.105. The third kappa shape index (κ3) is 23.3. The van der Waals surface area contributed by atoms with Crippen molar-refractivity contribution >= 4 is 17.8 Å². The maximum Gasteiger partial charge on any atom is 0.307 e. The summed E-state index contributed by atoms with van der Waals surface area (Å²) >= 11 is 0. The van der Waals surface area contributed by atoms with Crippen LogP contribution in [0.2, 0.25) is 0 Å². The predicted octanol–water partition coefficient (Wildman–Crippen LogP) is -0.280. The van der Waals surface area contributed by atoms with E-state index in [9.17, 15) is 14.4 Å². The van der Waals surface area contributed by atoms with Gasteiger partial charge < -0.3 is 43.2 Å². The van der Waals surface area contributed by atoms with E-state index in [0.717, 1.165) is 0 Å². The molecule has 0 radical (unpaired) electrons. The van der Waals surface area contributed by atoms with Gasteiger partial charge in [0.15, 0.2) is 0 Å². The molecule has 0 bridgehead atoms. The number of terminal acetylenes is 1. The van der Waals surface area contributed by atoms with Crippen molar-refractivity contribution in [1.29, 1.82) is 0 Å². The first kappa shape index (κ1) is 32.7. The molecule has 0 aliphatic rings. The summed E-state index contributed by atoms with van der Waals surface area (Å²) in [5.74, 6) is 1.34. The number of hydrogen-bond acceptors (Lipinski definition) is 11. The van der Waals surface area contributed by atoms with Gasteiger partial charge in [0.05, 0.1) is 106 Å². The Balaban J connectivity index is 3.94. The highest BCUT2D eigenvalue weighted by molar-refractivity contribution is 5.76. The van der Waals surface area contributed by atoms with Gasteiger partial charge in [-0.15, -0.1) is 6.42 Å². The number of nitrogens with one attached hydrogen (secondary N) is 1. The van der Waals surface area contributed by atoms with Crippen molar-refractivity contribution in [2.75, 3.05) is 93.5 Å². The Kier molecular flexibility index (Phi) is 23.2. The average Bonchev–Trinajstić information content (AvgIpc) is 2.86. The van der Waals surface area contributed by atoms with E-state index < -0.39 is 6.04 Å². The minimum absolute atomic E-state index is 0.101. The maximum atomic E-state index is 12.2. The summed E-state index contributed by atoms with van der Waals surface area (Å²) in [6.07, 6.45) is 5.40. The lowest BCUT2D eigenvalue weighted by Crippen LogP contribution is -2.42. The zero-order chi connectivity index (χ0) is 26.0. The maximum absolute atomic E-state index is 12.2. The Morgan fingerprint density at radius 2 is 1.09 bits per heavy atom. The smallest absolute Gasteiger partial charge is 0.307 e. The summed E-state index contributed by atoms with van der Waals surface area (Å²) < 4.78 is 41.1. The molecule has 0 atom stereocenters. The molecule has 0 rings (SSSR count). The zero-order valence-electron chi connectivity index (χ0n) is 20.8. The lowest BCUT2D eigenvalue weighted by atomic mass is 10.3. The van der Waals surface area contributed by atoms with Gasteiger partial charge in [-0.2, -0.15) is 0 Å². The van der Waals surface area contributed by atoms with Crippen LogP contribution in [-0.4, -0.2) is 117 Å². The van der Waals surface area contributed by atoms with Crippen LogP contribution < -0.4 is 5.32 Å². The monoisotopic (exact) mass is 505 g/mol. The highest BCUT2D eigenvalue weighted by Crippen LogP contribution is 1.96. The van der Waals surface area contributed by atoms with Gasteiger partial charge in [0, 0.05) is 6.42 Å². The molecule has 202 valence electrons. The molecule has 0 heterocycles. The molecule has 1 N–H and O–H groups in total. The summed E-state index contributed by atoms with van der Waals surface area (Å²) in [5, 5.41) is 2.79. The molecule has 12 heteroatoms. The van der Waals surface area contributed by atoms with Gasteiger partial charge >= 0.3 is 11.9 Å². The van der Waals surface area contributed by atoms with E-state index in [1.807, 2.05) is 0 Å². The third-order valence-electron chi connectivity index (χ3n) is 4.13. The second kappa shape index (κ2) is 24.8. The largest absolute Gasteiger partial charge is 0.469 e. The number of amides is 1. The first-order valence-corrected chi connectivity index (χ1v) is 11.4. The molecule has 0 fully saturated rings. The molecule has 0 aliphatic carbocycles. The van der Waals surface area contributed by atoms with Crippen molar-refractivity contribution in [3.05, 3.63) is 0 Å². The van der Waals surface area contributed by atoms with Crippen LogP contribution >= 0.6 is 0 Å². The summed E-state index contributed by atoms with van der Waals surface area (Å²) in [6.45, 7) is 3.52. The van der Waals surface area contributed by atoms with E-state index >= 15 is 0 Å². The van der Waals surface area contributed by atoms with Crippen LogP contribution in [0.4, 0.5) is 0 Å². The minimum atomic E-state index is -0.460. The number of carbonyl (C=O) groups excluding carboxylic acids is 3. The molecule has 35 heavy (non-hydrogen) atoms. The van der Waals surface area contributed by atoms with Crippen LogP contribution in [0.5, 0.6) is 0 Å². The van der Waals surface area contributed by atoms with Gasteiger partial charge in [-0.3, -0.25) is 14.4 Å². The molecule has 0 aliphatic heterocycles. The molecule has 0 unspecified atom stereocenters. The van der Waals surface area contributed by atoms with Crippen LogP contribution in [0.15, 0.2) is 0 Å². The van der Waals surface area contributed by atoms with E-state index in [1.54, 1.807) is 0 Å². The van der Waals surface area contributed by atoms with Crippen molar-refractivity contribution in [2.24, 2.45) is 0 Å². The van der Waals surface area contributed by atoms with E-state index in [4.69, 9.17) is 34.8 Å². The van der Waals surface area contributed by atoms with Gasteiger partial charge in [0.25, 0.3) is 0 Å². The number of ether oxygens (including phenoxy) is 8. The lowest BCUT2D eigenvalue weighted by Gasteiger charge is -2.19. The number of carbonyl (C=O) groups is 3. The highest BCUT2D eigenvalue weighted by atomic mass is 16.6. The Labute approximate surface area is 207 Å². The molecule has 0 aromatic rings. The van der Waals surface area contributed by atoms with E-state index in [-0.39, 0.29) is 76.7 Å². The predicted molar refractivity (Wildman–Crippen MR) is 124 cm³/mol. The fraction of sp³-hybridized carbons (Fsp3) is 0.783. The van der Waals surface area contributed by atoms with Gasteiger partial charge in [0.2, 0.25) is 5.91 Å². The minimum Gasteiger partial charge on any atom is -0.469 e. The summed E-state index contributed by atoms with van der Waals surface area (Å²) in [5.41, 5.74) is 0. The topological polar surface area (TPSA) is 137 Å². The normalized spacial score (nSPS) is 10.7. The fourth-order valence-corrected chi connectivity index (χ4v) is 2.35. The number of methoxy groups -OCH3 is 2. The Hall–Kier alpha value is -2.27. The number of esters is 2. The molecule has 0 saturated carbocycles. The van der Waals surface area contributed by atoms with Crippen LogP contribution in [0.1, 0.15) is 19.3 Å². The molecule has 0 aromatic carbocycles. The van der Waals surface area contributed by atoms with Crippen LogP contribution in [-0.2, 0) is 52.3 Å². The molecule has 0 spiro atoms. The SMILES string of the molecule is C#CCOCCOCCOCCOCCC(=O)NC(COCCC(=O)OC)COCCC(=O)OC. The first-order chi connectivity index (χ1) is 17.0. The average molecular weight is 506 g/mol. The van der Waals surface area contributed by atoms with Crippen molar-refractivity contribution in [3.63, 3.8) is 0 Å². The highest BCUT2D eigenvalue weighted by Gasteiger charge is 2.14. The standard InChI is InChI=1S/C23H39NO11/c1-4-8-30-12-14-32-16-17-33-15-13-31-9-5-21(25)24-20(18-34-10-6-22(26)28-2)19-35-11-7-23(27)29-3/h1,20H,5-19H2,2-3H3,(H,24,25). The lowest BCUT2D eigenvalue weighted by molar-refractivity contribution is -0.142. The van der Waals surface area contributed by atoms with Gasteiger partial charge in [0.1, 0.15) is 6.61 Å². The Bertz CT molecular complexity index is 571. The van der Waals surface area contributed by atoms with Gasteiger partial charge in [-0.25, -0.2) is 0 Å².